The van der Waals surface area contributed by atoms with Gasteiger partial charge < -0.3 is 14.6 Å². The predicted octanol–water partition coefficient (Wildman–Crippen LogP) is 2.84. The highest BCUT2D eigenvalue weighted by atomic mass is 79.9. The monoisotopic (exact) mass is 428 g/mol. The van der Waals surface area contributed by atoms with Crippen molar-refractivity contribution in [1.29, 1.82) is 0 Å². The number of rotatable bonds is 6. The summed E-state index contributed by atoms with van der Waals surface area (Å²) in [6.45, 7) is 1.74. The summed E-state index contributed by atoms with van der Waals surface area (Å²) in [5.41, 5.74) is 0.715. The number of aliphatic imine (C=N–C) groups is 1. The lowest BCUT2D eigenvalue weighted by Gasteiger charge is -2.13. The first-order valence-corrected chi connectivity index (χ1v) is 8.93. The molecule has 0 unspecified atom stereocenters. The van der Waals surface area contributed by atoms with Gasteiger partial charge >= 0.3 is 5.97 Å². The molecule has 0 bridgehead atoms. The lowest BCUT2D eigenvalue weighted by molar-refractivity contribution is -0.139. The molecule has 0 saturated carbocycles. The minimum atomic E-state index is -1.08. The van der Waals surface area contributed by atoms with Gasteiger partial charge in [-0.1, -0.05) is 15.9 Å². The molecule has 2 rings (SSSR count). The van der Waals surface area contributed by atoms with Crippen molar-refractivity contribution < 1.29 is 24.2 Å². The quantitative estimate of drug-likeness (QED) is 0.700. The topological polar surface area (TPSA) is 88.4 Å². The minimum absolute atomic E-state index is 0.137. The standard InChI is InChI=1S/C16H17BrN2O5S/c1-4-23-11-5-9(10(17)7-12(11)24-8-14(20)21)6-13-15(22)19(3)16(18-2)25-13/h5-7H,4,8H2,1-3H3,(H,20,21)/b13-6+,18-16?. The molecule has 1 heterocycles. The molecule has 1 amide bonds. The van der Waals surface area contributed by atoms with Crippen LogP contribution < -0.4 is 9.47 Å². The van der Waals surface area contributed by atoms with Gasteiger partial charge in [-0.2, -0.15) is 0 Å². The van der Waals surface area contributed by atoms with Crippen LogP contribution in [0.3, 0.4) is 0 Å². The normalized spacial score (nSPS) is 17.4. The molecular formula is C16H17BrN2O5S. The number of hydrogen-bond donors (Lipinski definition) is 1. The van der Waals surface area contributed by atoms with Gasteiger partial charge in [0, 0.05) is 18.6 Å². The average molecular weight is 429 g/mol. The number of amides is 1. The fourth-order valence-electron chi connectivity index (χ4n) is 2.07. The van der Waals surface area contributed by atoms with E-state index < -0.39 is 12.6 Å². The first kappa shape index (κ1) is 19.3. The minimum Gasteiger partial charge on any atom is -0.490 e. The largest absolute Gasteiger partial charge is 0.490 e. The van der Waals surface area contributed by atoms with E-state index in [2.05, 4.69) is 20.9 Å². The molecule has 1 N–H and O–H groups in total. The second-order valence-corrected chi connectivity index (χ2v) is 6.78. The van der Waals surface area contributed by atoms with Crippen LogP contribution in [-0.4, -0.2) is 54.4 Å². The molecule has 1 aliphatic heterocycles. The molecule has 7 nitrogen and oxygen atoms in total. The number of benzene rings is 1. The van der Waals surface area contributed by atoms with Crippen LogP contribution in [0.5, 0.6) is 11.5 Å². The van der Waals surface area contributed by atoms with Gasteiger partial charge in [0.15, 0.2) is 23.3 Å². The molecule has 0 atom stereocenters. The van der Waals surface area contributed by atoms with E-state index in [-0.39, 0.29) is 5.91 Å². The van der Waals surface area contributed by atoms with Crippen LogP contribution >= 0.6 is 27.7 Å². The first-order valence-electron chi connectivity index (χ1n) is 7.32. The Labute approximate surface area is 157 Å². The van der Waals surface area contributed by atoms with Crippen molar-refractivity contribution >= 4 is 50.8 Å². The van der Waals surface area contributed by atoms with E-state index in [4.69, 9.17) is 14.6 Å². The van der Waals surface area contributed by atoms with E-state index in [9.17, 15) is 9.59 Å². The van der Waals surface area contributed by atoms with E-state index in [1.165, 1.54) is 16.7 Å². The zero-order valence-corrected chi connectivity index (χ0v) is 16.3. The van der Waals surface area contributed by atoms with Gasteiger partial charge in [0.1, 0.15) is 0 Å². The van der Waals surface area contributed by atoms with E-state index in [0.29, 0.717) is 38.2 Å². The second kappa shape index (κ2) is 8.39. The van der Waals surface area contributed by atoms with Crippen LogP contribution in [0, 0.1) is 0 Å². The van der Waals surface area contributed by atoms with Crippen LogP contribution in [-0.2, 0) is 9.59 Å². The molecule has 0 radical (unpaired) electrons. The summed E-state index contributed by atoms with van der Waals surface area (Å²) < 4.78 is 11.4. The summed E-state index contributed by atoms with van der Waals surface area (Å²) >= 11 is 4.71. The lowest BCUT2D eigenvalue weighted by atomic mass is 10.2. The fraction of sp³-hybridized carbons (Fsp3) is 0.312. The summed E-state index contributed by atoms with van der Waals surface area (Å²) in [6, 6.07) is 3.33. The number of carbonyl (C=O) groups excluding carboxylic acids is 1. The fourth-order valence-corrected chi connectivity index (χ4v) is 3.43. The maximum Gasteiger partial charge on any atom is 0.341 e. The Morgan fingerprint density at radius 1 is 1.40 bits per heavy atom. The molecule has 1 saturated heterocycles. The zero-order valence-electron chi connectivity index (χ0n) is 13.9. The Kier molecular flexibility index (Phi) is 6.49. The van der Waals surface area contributed by atoms with Crippen molar-refractivity contribution in [2.45, 2.75) is 6.92 Å². The number of amidine groups is 1. The number of aliphatic carboxylic acids is 1. The Balaban J connectivity index is 2.38. The smallest absolute Gasteiger partial charge is 0.341 e. The molecule has 25 heavy (non-hydrogen) atoms. The SMILES string of the molecule is CCOc1cc(/C=C2/SC(=NC)N(C)C2=O)c(Br)cc1OCC(=O)O. The van der Waals surface area contributed by atoms with Crippen LogP contribution in [0.2, 0.25) is 0 Å². The van der Waals surface area contributed by atoms with Gasteiger partial charge in [-0.3, -0.25) is 14.7 Å². The van der Waals surface area contributed by atoms with Crippen LogP contribution in [0.25, 0.3) is 6.08 Å². The van der Waals surface area contributed by atoms with Gasteiger partial charge in [-0.15, -0.1) is 0 Å². The van der Waals surface area contributed by atoms with Crippen LogP contribution in [0.15, 0.2) is 26.5 Å². The van der Waals surface area contributed by atoms with Crippen molar-refractivity contribution in [3.05, 3.63) is 27.1 Å². The molecule has 1 aromatic carbocycles. The summed E-state index contributed by atoms with van der Waals surface area (Å²) in [6.07, 6.45) is 1.73. The molecule has 0 spiro atoms. The Morgan fingerprint density at radius 2 is 2.08 bits per heavy atom. The van der Waals surface area contributed by atoms with Crippen LogP contribution in [0.4, 0.5) is 0 Å². The molecule has 1 fully saturated rings. The first-order chi connectivity index (χ1) is 11.9. The van der Waals surface area contributed by atoms with Gasteiger partial charge in [-0.05, 0) is 42.5 Å². The lowest BCUT2D eigenvalue weighted by Crippen LogP contribution is -2.23. The number of nitrogens with zero attached hydrogens (tertiary/aromatic N) is 2. The molecule has 1 aromatic rings. The molecule has 134 valence electrons. The number of halogens is 1. The summed E-state index contributed by atoms with van der Waals surface area (Å²) in [5.74, 6) is -0.489. The Hall–Kier alpha value is -2.00. The highest BCUT2D eigenvalue weighted by Gasteiger charge is 2.30. The number of likely N-dealkylation sites (N-methyl/N-ethyl adjacent to an activating group) is 1. The third-order valence-corrected chi connectivity index (χ3v) is 5.03. The van der Waals surface area contributed by atoms with Crippen molar-refractivity contribution in [2.24, 2.45) is 4.99 Å². The number of carbonyl (C=O) groups is 2. The van der Waals surface area contributed by atoms with Crippen molar-refractivity contribution in [2.75, 3.05) is 27.3 Å². The maximum atomic E-state index is 12.3. The average Bonchev–Trinajstić information content (AvgIpc) is 2.84. The third-order valence-electron chi connectivity index (χ3n) is 3.20. The van der Waals surface area contributed by atoms with Crippen molar-refractivity contribution in [3.63, 3.8) is 0 Å². The van der Waals surface area contributed by atoms with E-state index in [0.717, 1.165) is 0 Å². The van der Waals surface area contributed by atoms with Crippen molar-refractivity contribution in [1.82, 2.24) is 4.90 Å². The highest BCUT2D eigenvalue weighted by Crippen LogP contribution is 2.37. The Bertz CT molecular complexity index is 763. The molecule has 0 aromatic heterocycles. The molecule has 1 aliphatic rings. The summed E-state index contributed by atoms with van der Waals surface area (Å²) in [7, 11) is 3.30. The molecule has 0 aliphatic carbocycles. The zero-order chi connectivity index (χ0) is 18.6. The molecule has 9 heteroatoms. The number of carboxylic acid groups (broad SMARTS) is 1. The van der Waals surface area contributed by atoms with Gasteiger partial charge in [0.2, 0.25) is 0 Å². The van der Waals surface area contributed by atoms with E-state index in [1.54, 1.807) is 32.3 Å². The Morgan fingerprint density at radius 3 is 2.64 bits per heavy atom. The van der Waals surface area contributed by atoms with Gasteiger partial charge in [0.05, 0.1) is 11.5 Å². The number of thioether (sulfide) groups is 1. The predicted molar refractivity (Wildman–Crippen MR) is 100 cm³/mol. The van der Waals surface area contributed by atoms with Gasteiger partial charge in [0.25, 0.3) is 5.91 Å². The summed E-state index contributed by atoms with van der Waals surface area (Å²) in [5, 5.41) is 9.39. The van der Waals surface area contributed by atoms with E-state index in [1.807, 2.05) is 6.92 Å². The summed E-state index contributed by atoms with van der Waals surface area (Å²) in [4.78, 5) is 29.1. The maximum absolute atomic E-state index is 12.3. The van der Waals surface area contributed by atoms with E-state index >= 15 is 0 Å². The van der Waals surface area contributed by atoms with Crippen LogP contribution in [0.1, 0.15) is 12.5 Å². The number of ether oxygens (including phenoxy) is 2. The molecular weight excluding hydrogens is 412 g/mol. The van der Waals surface area contributed by atoms with Gasteiger partial charge in [-0.25, -0.2) is 4.79 Å². The third kappa shape index (κ3) is 4.55. The number of hydrogen-bond acceptors (Lipinski definition) is 6. The van der Waals surface area contributed by atoms with Crippen molar-refractivity contribution in [3.8, 4) is 11.5 Å². The second-order valence-electron chi connectivity index (χ2n) is 4.92. The highest BCUT2D eigenvalue weighted by molar-refractivity contribution is 9.10. The number of carboxylic acids is 1.